The number of hydrogen-bond donors (Lipinski definition) is 1. The Morgan fingerprint density at radius 2 is 2.05 bits per heavy atom. The summed E-state index contributed by atoms with van der Waals surface area (Å²) in [7, 11) is 0. The molecule has 1 N–H and O–H groups in total. The van der Waals surface area contributed by atoms with E-state index in [9.17, 15) is 9.59 Å². The first kappa shape index (κ1) is 14.7. The molecule has 0 aliphatic carbocycles. The van der Waals surface area contributed by atoms with Gasteiger partial charge < -0.3 is 4.74 Å². The van der Waals surface area contributed by atoms with Crippen molar-refractivity contribution < 1.29 is 14.3 Å². The average molecular weight is 355 g/mol. The lowest BCUT2D eigenvalue weighted by molar-refractivity contribution is -0.118. The van der Waals surface area contributed by atoms with E-state index in [1.807, 2.05) is 12.1 Å². The molecular weight excluding hydrogens is 344 g/mol. The Labute approximate surface area is 128 Å². The maximum atomic E-state index is 11.7. The van der Waals surface area contributed by atoms with Crippen LogP contribution in [0.15, 0.2) is 34.1 Å². The molecule has 0 fully saturated rings. The van der Waals surface area contributed by atoms with Crippen LogP contribution in [0.1, 0.15) is 17.4 Å². The van der Waals surface area contributed by atoms with Gasteiger partial charge in [0.2, 0.25) is 0 Å². The molecule has 1 amide bonds. The van der Waals surface area contributed by atoms with E-state index >= 15 is 0 Å². The molecule has 20 heavy (non-hydrogen) atoms. The van der Waals surface area contributed by atoms with Gasteiger partial charge in [-0.15, -0.1) is 11.3 Å². The second-order valence-corrected chi connectivity index (χ2v) is 5.66. The number of amides is 1. The number of nitrogens with one attached hydrogen (secondary N) is 1. The van der Waals surface area contributed by atoms with Crippen LogP contribution in [0.25, 0.3) is 0 Å². The SMILES string of the molecule is CC(=O)c1csc(NC(=O)COc2ccc(Br)cc2)n1. The van der Waals surface area contributed by atoms with E-state index in [-0.39, 0.29) is 18.3 Å². The average Bonchev–Trinajstić information content (AvgIpc) is 2.87. The number of ketones is 1. The minimum absolute atomic E-state index is 0.114. The molecule has 0 saturated carbocycles. The number of rotatable bonds is 5. The number of Topliss-reactive ketones (excluding diaryl/α,β-unsaturated/α-hetero) is 1. The van der Waals surface area contributed by atoms with Gasteiger partial charge in [0.15, 0.2) is 17.5 Å². The van der Waals surface area contributed by atoms with Crippen LogP contribution in [0.4, 0.5) is 5.13 Å². The molecule has 2 aromatic rings. The molecule has 0 aliphatic rings. The fourth-order valence-electron chi connectivity index (χ4n) is 1.33. The molecule has 0 radical (unpaired) electrons. The van der Waals surface area contributed by atoms with Crippen molar-refractivity contribution >= 4 is 44.1 Å². The first-order valence-corrected chi connectivity index (χ1v) is 7.36. The number of halogens is 1. The van der Waals surface area contributed by atoms with Gasteiger partial charge in [-0.05, 0) is 24.3 Å². The summed E-state index contributed by atoms with van der Waals surface area (Å²) in [5.74, 6) is 0.150. The zero-order valence-corrected chi connectivity index (χ0v) is 13.0. The maximum Gasteiger partial charge on any atom is 0.264 e. The largest absolute Gasteiger partial charge is 0.484 e. The fraction of sp³-hybridized carbons (Fsp3) is 0.154. The first-order chi connectivity index (χ1) is 9.54. The van der Waals surface area contributed by atoms with Crippen LogP contribution in [-0.4, -0.2) is 23.3 Å². The van der Waals surface area contributed by atoms with E-state index in [1.165, 1.54) is 18.3 Å². The number of hydrogen-bond acceptors (Lipinski definition) is 5. The van der Waals surface area contributed by atoms with E-state index in [1.54, 1.807) is 17.5 Å². The molecule has 1 aromatic heterocycles. The van der Waals surface area contributed by atoms with Crippen LogP contribution in [0.5, 0.6) is 5.75 Å². The Morgan fingerprint density at radius 1 is 1.35 bits per heavy atom. The lowest BCUT2D eigenvalue weighted by atomic mass is 10.3. The predicted octanol–water partition coefficient (Wildman–Crippen LogP) is 3.13. The smallest absolute Gasteiger partial charge is 0.264 e. The van der Waals surface area contributed by atoms with E-state index in [0.29, 0.717) is 16.6 Å². The van der Waals surface area contributed by atoms with Gasteiger partial charge in [0.1, 0.15) is 11.4 Å². The van der Waals surface area contributed by atoms with Crippen molar-refractivity contribution in [2.45, 2.75) is 6.92 Å². The highest BCUT2D eigenvalue weighted by atomic mass is 79.9. The van der Waals surface area contributed by atoms with Crippen molar-refractivity contribution in [2.75, 3.05) is 11.9 Å². The standard InChI is InChI=1S/C13H11BrN2O3S/c1-8(17)11-7-20-13(15-11)16-12(18)6-19-10-4-2-9(14)3-5-10/h2-5,7H,6H2,1H3,(H,15,16,18). The van der Waals surface area contributed by atoms with Gasteiger partial charge in [0.05, 0.1) is 0 Å². The van der Waals surface area contributed by atoms with Gasteiger partial charge in [-0.2, -0.15) is 0 Å². The third kappa shape index (κ3) is 4.14. The van der Waals surface area contributed by atoms with Crippen LogP contribution in [0, 0.1) is 0 Å². The summed E-state index contributed by atoms with van der Waals surface area (Å²) < 4.78 is 6.27. The van der Waals surface area contributed by atoms with Crippen molar-refractivity contribution in [1.82, 2.24) is 4.98 Å². The van der Waals surface area contributed by atoms with Crippen molar-refractivity contribution in [3.8, 4) is 5.75 Å². The van der Waals surface area contributed by atoms with Crippen LogP contribution >= 0.6 is 27.3 Å². The summed E-state index contributed by atoms with van der Waals surface area (Å²) in [4.78, 5) is 26.7. The van der Waals surface area contributed by atoms with Crippen molar-refractivity contribution in [3.05, 3.63) is 39.8 Å². The number of aromatic nitrogens is 1. The normalized spacial score (nSPS) is 10.1. The highest BCUT2D eigenvalue weighted by Crippen LogP contribution is 2.17. The minimum Gasteiger partial charge on any atom is -0.484 e. The minimum atomic E-state index is -0.322. The Morgan fingerprint density at radius 3 is 2.65 bits per heavy atom. The molecule has 0 aliphatic heterocycles. The molecular formula is C13H11BrN2O3S. The molecule has 0 unspecified atom stereocenters. The molecule has 7 heteroatoms. The van der Waals surface area contributed by atoms with Crippen LogP contribution in [-0.2, 0) is 4.79 Å². The first-order valence-electron chi connectivity index (χ1n) is 5.69. The molecule has 0 atom stereocenters. The van der Waals surface area contributed by atoms with Crippen molar-refractivity contribution in [1.29, 1.82) is 0 Å². The fourth-order valence-corrected chi connectivity index (χ4v) is 2.36. The maximum absolute atomic E-state index is 11.7. The molecule has 1 aromatic carbocycles. The number of thiazole rings is 1. The van der Waals surface area contributed by atoms with E-state index in [4.69, 9.17) is 4.74 Å². The zero-order chi connectivity index (χ0) is 14.5. The summed E-state index contributed by atoms with van der Waals surface area (Å²) in [6.45, 7) is 1.31. The molecule has 5 nitrogen and oxygen atoms in total. The summed E-state index contributed by atoms with van der Waals surface area (Å²) >= 11 is 4.52. The van der Waals surface area contributed by atoms with Gasteiger partial charge in [-0.25, -0.2) is 4.98 Å². The molecule has 0 saturated heterocycles. The van der Waals surface area contributed by atoms with Crippen LogP contribution < -0.4 is 10.1 Å². The second kappa shape index (κ2) is 6.62. The molecule has 2 rings (SSSR count). The Hall–Kier alpha value is -1.73. The van der Waals surface area contributed by atoms with Gasteiger partial charge in [0, 0.05) is 16.8 Å². The van der Waals surface area contributed by atoms with Gasteiger partial charge >= 0.3 is 0 Å². The number of ether oxygens (including phenoxy) is 1. The highest BCUT2D eigenvalue weighted by Gasteiger charge is 2.09. The molecule has 1 heterocycles. The van der Waals surface area contributed by atoms with Crippen LogP contribution in [0.2, 0.25) is 0 Å². The van der Waals surface area contributed by atoms with Crippen molar-refractivity contribution in [2.24, 2.45) is 0 Å². The van der Waals surface area contributed by atoms with E-state index in [2.05, 4.69) is 26.2 Å². The van der Waals surface area contributed by atoms with E-state index in [0.717, 1.165) is 4.47 Å². The molecule has 0 spiro atoms. The summed E-state index contributed by atoms with van der Waals surface area (Å²) in [6.07, 6.45) is 0. The quantitative estimate of drug-likeness (QED) is 0.837. The van der Waals surface area contributed by atoms with E-state index < -0.39 is 0 Å². The summed E-state index contributed by atoms with van der Waals surface area (Å²) in [5, 5.41) is 4.57. The number of carbonyl (C=O) groups is 2. The zero-order valence-electron chi connectivity index (χ0n) is 10.6. The second-order valence-electron chi connectivity index (χ2n) is 3.88. The number of nitrogens with zero attached hydrogens (tertiary/aromatic N) is 1. The summed E-state index contributed by atoms with van der Waals surface area (Å²) in [5.41, 5.74) is 0.346. The third-order valence-corrected chi connectivity index (χ3v) is 3.58. The monoisotopic (exact) mass is 354 g/mol. The lowest BCUT2D eigenvalue weighted by Crippen LogP contribution is -2.20. The number of benzene rings is 1. The van der Waals surface area contributed by atoms with Gasteiger partial charge in [0.25, 0.3) is 5.91 Å². The van der Waals surface area contributed by atoms with Crippen molar-refractivity contribution in [3.63, 3.8) is 0 Å². The predicted molar refractivity (Wildman–Crippen MR) is 80.4 cm³/mol. The Bertz CT molecular complexity index is 625. The van der Waals surface area contributed by atoms with Crippen LogP contribution in [0.3, 0.4) is 0 Å². The number of anilines is 1. The third-order valence-electron chi connectivity index (χ3n) is 2.29. The number of carbonyl (C=O) groups excluding carboxylic acids is 2. The Kier molecular flexibility index (Phi) is 4.86. The lowest BCUT2D eigenvalue weighted by Gasteiger charge is -2.05. The van der Waals surface area contributed by atoms with Gasteiger partial charge in [-0.3, -0.25) is 14.9 Å². The van der Waals surface area contributed by atoms with Gasteiger partial charge in [-0.1, -0.05) is 15.9 Å². The molecule has 0 bridgehead atoms. The summed E-state index contributed by atoms with van der Waals surface area (Å²) in [6, 6.07) is 7.17. The Balaban J connectivity index is 1.85. The highest BCUT2D eigenvalue weighted by molar-refractivity contribution is 9.10. The topological polar surface area (TPSA) is 68.3 Å². The molecule has 104 valence electrons.